The summed E-state index contributed by atoms with van der Waals surface area (Å²) in [4.78, 5) is 21.1. The van der Waals surface area contributed by atoms with Crippen LogP contribution < -0.4 is 5.32 Å². The Hall–Kier alpha value is -0.710. The number of nitrogens with one attached hydrogen (secondary N) is 1. The molecule has 0 radical (unpaired) electrons. The summed E-state index contributed by atoms with van der Waals surface area (Å²) in [6, 6.07) is 0.146. The van der Waals surface area contributed by atoms with Gasteiger partial charge in [-0.05, 0) is 13.8 Å². The fraction of sp³-hybridized carbons (Fsp3) is 0.750. The molecule has 0 aliphatic carbocycles. The number of carbonyl (C=O) groups is 2. The number of amides is 1. The first kappa shape index (κ1) is 12.3. The van der Waals surface area contributed by atoms with E-state index in [4.69, 9.17) is 5.11 Å². The quantitative estimate of drug-likeness (QED) is 0.627. The molecule has 0 spiro atoms. The second kappa shape index (κ2) is 6.77. The average molecular weight is 205 g/mol. The Bertz CT molecular complexity index is 182. The summed E-state index contributed by atoms with van der Waals surface area (Å²) in [6.07, 6.45) is 0.111. The Kier molecular flexibility index (Phi) is 6.40. The van der Waals surface area contributed by atoms with Gasteiger partial charge in [-0.25, -0.2) is 0 Å². The number of aliphatic carboxylic acids is 1. The van der Waals surface area contributed by atoms with E-state index in [9.17, 15) is 9.59 Å². The molecule has 0 unspecified atom stereocenters. The summed E-state index contributed by atoms with van der Waals surface area (Å²) in [5.74, 6) is -0.0334. The van der Waals surface area contributed by atoms with Gasteiger partial charge in [0.05, 0.1) is 12.2 Å². The molecule has 0 aromatic rings. The molecule has 0 aromatic heterocycles. The van der Waals surface area contributed by atoms with E-state index in [2.05, 4.69) is 5.32 Å². The molecule has 76 valence electrons. The zero-order chi connectivity index (χ0) is 10.3. The lowest BCUT2D eigenvalue weighted by Crippen LogP contribution is -2.31. The van der Waals surface area contributed by atoms with Crippen molar-refractivity contribution >= 4 is 23.6 Å². The Balaban J connectivity index is 3.32. The van der Waals surface area contributed by atoms with Crippen LogP contribution in [0.4, 0.5) is 0 Å². The minimum atomic E-state index is -0.822. The fourth-order valence-corrected chi connectivity index (χ4v) is 1.42. The molecule has 1 amide bonds. The van der Waals surface area contributed by atoms with E-state index >= 15 is 0 Å². The highest BCUT2D eigenvalue weighted by atomic mass is 32.2. The number of carbonyl (C=O) groups excluding carboxylic acids is 1. The number of carboxylic acid groups (broad SMARTS) is 1. The van der Waals surface area contributed by atoms with Crippen molar-refractivity contribution in [1.29, 1.82) is 0 Å². The Morgan fingerprint density at radius 2 is 2.08 bits per heavy atom. The van der Waals surface area contributed by atoms with Gasteiger partial charge >= 0.3 is 5.97 Å². The van der Waals surface area contributed by atoms with Gasteiger partial charge in [0, 0.05) is 11.8 Å². The maximum atomic E-state index is 11.0. The molecule has 0 rings (SSSR count). The summed E-state index contributed by atoms with van der Waals surface area (Å²) in [7, 11) is 0. The Labute approximate surface area is 82.1 Å². The third-order valence-corrected chi connectivity index (χ3v) is 2.10. The molecule has 5 heteroatoms. The van der Waals surface area contributed by atoms with Gasteiger partial charge in [0.1, 0.15) is 0 Å². The lowest BCUT2D eigenvalue weighted by Gasteiger charge is -2.06. The van der Waals surface area contributed by atoms with Gasteiger partial charge in [-0.3, -0.25) is 9.59 Å². The number of thioether (sulfide) groups is 1. The van der Waals surface area contributed by atoms with Crippen LogP contribution in [0.2, 0.25) is 0 Å². The van der Waals surface area contributed by atoms with E-state index in [-0.39, 0.29) is 18.4 Å². The van der Waals surface area contributed by atoms with Crippen molar-refractivity contribution in [3.63, 3.8) is 0 Å². The molecular weight excluding hydrogens is 190 g/mol. The van der Waals surface area contributed by atoms with Gasteiger partial charge in [0.2, 0.25) is 5.91 Å². The van der Waals surface area contributed by atoms with Gasteiger partial charge in [0.25, 0.3) is 0 Å². The van der Waals surface area contributed by atoms with Crippen LogP contribution in [-0.2, 0) is 9.59 Å². The van der Waals surface area contributed by atoms with Crippen LogP contribution in [0, 0.1) is 0 Å². The number of hydrogen-bond donors (Lipinski definition) is 2. The van der Waals surface area contributed by atoms with Crippen molar-refractivity contribution in [2.75, 3.05) is 11.5 Å². The normalized spacial score (nSPS) is 10.1. The first-order chi connectivity index (χ1) is 6.02. The number of rotatable bonds is 6. The molecule has 0 saturated carbocycles. The first-order valence-corrected chi connectivity index (χ1v) is 5.26. The molecule has 0 aliphatic rings. The first-order valence-electron chi connectivity index (χ1n) is 4.11. The molecule has 0 aliphatic heterocycles. The number of carboxylic acids is 1. The maximum Gasteiger partial charge on any atom is 0.304 e. The smallest absolute Gasteiger partial charge is 0.304 e. The maximum absolute atomic E-state index is 11.0. The minimum Gasteiger partial charge on any atom is -0.481 e. The highest BCUT2D eigenvalue weighted by molar-refractivity contribution is 7.99. The third-order valence-electron chi connectivity index (χ3n) is 1.14. The predicted octanol–water partition coefficient (Wildman–Crippen LogP) is 0.719. The monoisotopic (exact) mass is 205 g/mol. The second-order valence-corrected chi connectivity index (χ2v) is 4.02. The third kappa shape index (κ3) is 9.20. The van der Waals surface area contributed by atoms with Crippen molar-refractivity contribution < 1.29 is 14.7 Å². The Morgan fingerprint density at radius 1 is 1.46 bits per heavy atom. The summed E-state index contributed by atoms with van der Waals surface area (Å²) in [6.45, 7) is 3.78. The van der Waals surface area contributed by atoms with E-state index in [0.717, 1.165) is 0 Å². The van der Waals surface area contributed by atoms with Crippen LogP contribution in [0.15, 0.2) is 0 Å². The highest BCUT2D eigenvalue weighted by Gasteiger charge is 2.03. The highest BCUT2D eigenvalue weighted by Crippen LogP contribution is 2.01. The Morgan fingerprint density at radius 3 is 2.54 bits per heavy atom. The molecule has 0 bridgehead atoms. The van der Waals surface area contributed by atoms with Crippen LogP contribution in [0.1, 0.15) is 20.3 Å². The minimum absolute atomic E-state index is 0.0367. The topological polar surface area (TPSA) is 66.4 Å². The summed E-state index contributed by atoms with van der Waals surface area (Å²) in [5, 5.41) is 11.0. The molecule has 0 atom stereocenters. The lowest BCUT2D eigenvalue weighted by atomic mass is 10.4. The predicted molar refractivity (Wildman–Crippen MR) is 52.9 cm³/mol. The van der Waals surface area contributed by atoms with Gasteiger partial charge in [-0.2, -0.15) is 11.8 Å². The van der Waals surface area contributed by atoms with Crippen LogP contribution in [0.25, 0.3) is 0 Å². The average Bonchev–Trinajstić information content (AvgIpc) is 1.96. The largest absolute Gasteiger partial charge is 0.481 e. The van der Waals surface area contributed by atoms with Crippen LogP contribution in [-0.4, -0.2) is 34.5 Å². The number of hydrogen-bond acceptors (Lipinski definition) is 3. The van der Waals surface area contributed by atoms with Gasteiger partial charge < -0.3 is 10.4 Å². The van der Waals surface area contributed by atoms with Crippen molar-refractivity contribution in [3.8, 4) is 0 Å². The molecule has 13 heavy (non-hydrogen) atoms. The zero-order valence-electron chi connectivity index (χ0n) is 7.87. The second-order valence-electron chi connectivity index (χ2n) is 2.92. The van der Waals surface area contributed by atoms with E-state index < -0.39 is 5.97 Å². The van der Waals surface area contributed by atoms with Crippen molar-refractivity contribution in [2.24, 2.45) is 0 Å². The van der Waals surface area contributed by atoms with E-state index in [1.165, 1.54) is 11.8 Å². The van der Waals surface area contributed by atoms with Gasteiger partial charge in [-0.1, -0.05) is 0 Å². The van der Waals surface area contributed by atoms with Crippen molar-refractivity contribution in [3.05, 3.63) is 0 Å². The fourth-order valence-electron chi connectivity index (χ4n) is 0.688. The lowest BCUT2D eigenvalue weighted by molar-refractivity contribution is -0.136. The van der Waals surface area contributed by atoms with E-state index in [1.807, 2.05) is 13.8 Å². The van der Waals surface area contributed by atoms with E-state index in [0.29, 0.717) is 11.5 Å². The molecule has 0 heterocycles. The summed E-state index contributed by atoms with van der Waals surface area (Å²) >= 11 is 1.34. The van der Waals surface area contributed by atoms with Crippen LogP contribution >= 0.6 is 11.8 Å². The molecule has 2 N–H and O–H groups in total. The summed E-state index contributed by atoms with van der Waals surface area (Å²) < 4.78 is 0. The van der Waals surface area contributed by atoms with Gasteiger partial charge in [0.15, 0.2) is 0 Å². The van der Waals surface area contributed by atoms with Gasteiger partial charge in [-0.15, -0.1) is 0 Å². The van der Waals surface area contributed by atoms with Crippen molar-refractivity contribution in [2.45, 2.75) is 26.3 Å². The summed E-state index contributed by atoms with van der Waals surface area (Å²) in [5.41, 5.74) is 0. The van der Waals surface area contributed by atoms with E-state index in [1.54, 1.807) is 0 Å². The molecule has 0 fully saturated rings. The standard InChI is InChI=1S/C8H15NO3S/c1-6(2)9-7(10)5-13-4-3-8(11)12/h6H,3-5H2,1-2H3,(H,9,10)(H,11,12). The van der Waals surface area contributed by atoms with Crippen molar-refractivity contribution in [1.82, 2.24) is 5.32 Å². The van der Waals surface area contributed by atoms with Crippen LogP contribution in [0.5, 0.6) is 0 Å². The molecule has 4 nitrogen and oxygen atoms in total. The molecular formula is C8H15NO3S. The molecule has 0 aromatic carbocycles. The zero-order valence-corrected chi connectivity index (χ0v) is 8.69. The molecule has 0 saturated heterocycles. The van der Waals surface area contributed by atoms with Crippen LogP contribution in [0.3, 0.4) is 0 Å². The SMILES string of the molecule is CC(C)NC(=O)CSCCC(=O)O.